The fraction of sp³-hybridized carbons (Fsp3) is 0.600. The zero-order valence-electron chi connectivity index (χ0n) is 8.94. The molecule has 2 N–H and O–H groups in total. The minimum absolute atomic E-state index is 0.377. The van der Waals surface area contributed by atoms with E-state index in [1.54, 1.807) is 0 Å². The largest absolute Gasteiger partial charge is 0.368 e. The van der Waals surface area contributed by atoms with E-state index in [4.69, 9.17) is 5.73 Å². The number of thioether (sulfide) groups is 1. The number of nitrogen functional groups attached to an aromatic ring is 1. The normalized spacial score (nSPS) is 17.5. The van der Waals surface area contributed by atoms with Crippen molar-refractivity contribution in [3.8, 4) is 0 Å². The predicted molar refractivity (Wildman–Crippen MR) is 65.3 cm³/mol. The van der Waals surface area contributed by atoms with E-state index in [9.17, 15) is 0 Å². The van der Waals surface area contributed by atoms with Crippen LogP contribution in [-0.2, 0) is 0 Å². The molecule has 1 aromatic rings. The lowest BCUT2D eigenvalue weighted by Gasteiger charge is -2.21. The van der Waals surface area contributed by atoms with Gasteiger partial charge in [-0.1, -0.05) is 0 Å². The molecule has 2 heterocycles. The van der Waals surface area contributed by atoms with Gasteiger partial charge in [-0.3, -0.25) is 0 Å². The summed E-state index contributed by atoms with van der Waals surface area (Å²) in [7, 11) is 0. The molecule has 0 saturated carbocycles. The Morgan fingerprint density at radius 2 is 2.20 bits per heavy atom. The molecule has 0 aliphatic carbocycles. The fourth-order valence-corrected chi connectivity index (χ4v) is 2.60. The summed E-state index contributed by atoms with van der Waals surface area (Å²) >= 11 is 2.01. The van der Waals surface area contributed by atoms with Crippen molar-refractivity contribution >= 4 is 23.5 Å². The number of aryl methyl sites for hydroxylation is 1. The molecular formula is C10H16N4S. The van der Waals surface area contributed by atoms with Gasteiger partial charge in [0.05, 0.1) is 0 Å². The van der Waals surface area contributed by atoms with Crippen LogP contribution in [0.15, 0.2) is 6.07 Å². The van der Waals surface area contributed by atoms with Gasteiger partial charge in [-0.15, -0.1) is 0 Å². The predicted octanol–water partition coefficient (Wildman–Crippen LogP) is 1.31. The highest BCUT2D eigenvalue weighted by atomic mass is 32.2. The second kappa shape index (κ2) is 4.70. The number of nitrogens with zero attached hydrogens (tertiary/aromatic N) is 3. The van der Waals surface area contributed by atoms with Gasteiger partial charge < -0.3 is 10.6 Å². The maximum atomic E-state index is 5.65. The Morgan fingerprint density at radius 3 is 3.00 bits per heavy atom. The monoisotopic (exact) mass is 224 g/mol. The van der Waals surface area contributed by atoms with E-state index in [0.717, 1.165) is 24.6 Å². The molecule has 0 atom stereocenters. The molecule has 1 fully saturated rings. The first-order valence-corrected chi connectivity index (χ1v) is 6.35. The first kappa shape index (κ1) is 10.5. The van der Waals surface area contributed by atoms with Gasteiger partial charge in [-0.2, -0.15) is 16.7 Å². The number of aromatic nitrogens is 2. The van der Waals surface area contributed by atoms with Crippen LogP contribution in [0.2, 0.25) is 0 Å². The lowest BCUT2D eigenvalue weighted by Crippen LogP contribution is -2.26. The smallest absolute Gasteiger partial charge is 0.222 e. The molecule has 15 heavy (non-hydrogen) atoms. The number of hydrogen-bond donors (Lipinski definition) is 1. The van der Waals surface area contributed by atoms with Crippen LogP contribution >= 0.6 is 11.8 Å². The van der Waals surface area contributed by atoms with E-state index in [0.29, 0.717) is 5.95 Å². The Kier molecular flexibility index (Phi) is 3.30. The van der Waals surface area contributed by atoms with Gasteiger partial charge in [-0.05, 0) is 19.1 Å². The SMILES string of the molecule is Cc1cc(N2CCCSCC2)nc(N)n1. The van der Waals surface area contributed by atoms with Crippen molar-refractivity contribution in [1.82, 2.24) is 9.97 Å². The first-order valence-electron chi connectivity index (χ1n) is 5.19. The van der Waals surface area contributed by atoms with E-state index in [-0.39, 0.29) is 0 Å². The maximum Gasteiger partial charge on any atom is 0.222 e. The van der Waals surface area contributed by atoms with Gasteiger partial charge in [0.25, 0.3) is 0 Å². The molecule has 0 radical (unpaired) electrons. The molecule has 1 aromatic heterocycles. The standard InChI is InChI=1S/C10H16N4S/c1-8-7-9(13-10(11)12-8)14-3-2-5-15-6-4-14/h7H,2-6H2,1H3,(H2,11,12,13). The van der Waals surface area contributed by atoms with Crippen LogP contribution in [0, 0.1) is 6.92 Å². The van der Waals surface area contributed by atoms with E-state index in [2.05, 4.69) is 14.9 Å². The number of rotatable bonds is 1. The zero-order valence-corrected chi connectivity index (χ0v) is 9.76. The summed E-state index contributed by atoms with van der Waals surface area (Å²) in [6.07, 6.45) is 1.22. The molecule has 0 amide bonds. The lowest BCUT2D eigenvalue weighted by molar-refractivity contribution is 0.798. The van der Waals surface area contributed by atoms with Gasteiger partial charge >= 0.3 is 0 Å². The average Bonchev–Trinajstić information content (AvgIpc) is 2.43. The Bertz CT molecular complexity index is 314. The molecular weight excluding hydrogens is 208 g/mol. The Labute approximate surface area is 94.3 Å². The maximum absolute atomic E-state index is 5.65. The minimum Gasteiger partial charge on any atom is -0.368 e. The lowest BCUT2D eigenvalue weighted by atomic mass is 10.3. The van der Waals surface area contributed by atoms with Gasteiger partial charge in [-0.25, -0.2) is 4.98 Å². The molecule has 1 aliphatic rings. The fourth-order valence-electron chi connectivity index (χ4n) is 1.71. The minimum atomic E-state index is 0.377. The molecule has 5 heteroatoms. The van der Waals surface area contributed by atoms with Crippen LogP contribution in [-0.4, -0.2) is 34.6 Å². The van der Waals surface area contributed by atoms with Crippen LogP contribution in [0.1, 0.15) is 12.1 Å². The van der Waals surface area contributed by atoms with Crippen molar-refractivity contribution in [2.24, 2.45) is 0 Å². The van der Waals surface area contributed by atoms with E-state index in [1.165, 1.54) is 17.9 Å². The molecule has 82 valence electrons. The quantitative estimate of drug-likeness (QED) is 0.779. The summed E-state index contributed by atoms with van der Waals surface area (Å²) in [5, 5.41) is 0. The van der Waals surface area contributed by atoms with Crippen LogP contribution in [0.4, 0.5) is 11.8 Å². The third kappa shape index (κ3) is 2.75. The number of hydrogen-bond acceptors (Lipinski definition) is 5. The Morgan fingerprint density at radius 1 is 1.33 bits per heavy atom. The summed E-state index contributed by atoms with van der Waals surface area (Å²) in [5.74, 6) is 3.77. The Hall–Kier alpha value is -0.970. The van der Waals surface area contributed by atoms with Crippen molar-refractivity contribution in [2.45, 2.75) is 13.3 Å². The molecule has 0 bridgehead atoms. The molecule has 0 unspecified atom stereocenters. The summed E-state index contributed by atoms with van der Waals surface area (Å²) in [6.45, 7) is 4.08. The third-order valence-electron chi connectivity index (χ3n) is 2.40. The van der Waals surface area contributed by atoms with E-state index >= 15 is 0 Å². The van der Waals surface area contributed by atoms with Crippen LogP contribution in [0.3, 0.4) is 0 Å². The van der Waals surface area contributed by atoms with E-state index in [1.807, 2.05) is 24.8 Å². The average molecular weight is 224 g/mol. The zero-order chi connectivity index (χ0) is 10.7. The molecule has 1 saturated heterocycles. The molecule has 0 spiro atoms. The highest BCUT2D eigenvalue weighted by Gasteiger charge is 2.12. The van der Waals surface area contributed by atoms with Gasteiger partial charge in [0, 0.05) is 30.6 Å². The number of anilines is 2. The third-order valence-corrected chi connectivity index (χ3v) is 3.45. The van der Waals surface area contributed by atoms with Crippen molar-refractivity contribution in [3.05, 3.63) is 11.8 Å². The highest BCUT2D eigenvalue weighted by molar-refractivity contribution is 7.99. The topological polar surface area (TPSA) is 55.0 Å². The second-order valence-corrected chi connectivity index (χ2v) is 4.90. The second-order valence-electron chi connectivity index (χ2n) is 3.68. The van der Waals surface area contributed by atoms with Crippen molar-refractivity contribution in [2.75, 3.05) is 35.2 Å². The summed E-state index contributed by atoms with van der Waals surface area (Å²) in [6, 6.07) is 2.01. The van der Waals surface area contributed by atoms with Crippen molar-refractivity contribution in [3.63, 3.8) is 0 Å². The van der Waals surface area contributed by atoms with Crippen LogP contribution < -0.4 is 10.6 Å². The van der Waals surface area contributed by atoms with Gasteiger partial charge in [0.1, 0.15) is 5.82 Å². The molecule has 0 aromatic carbocycles. The molecule has 1 aliphatic heterocycles. The summed E-state index contributed by atoms with van der Waals surface area (Å²) in [5.41, 5.74) is 6.59. The van der Waals surface area contributed by atoms with Gasteiger partial charge in [0.15, 0.2) is 0 Å². The Balaban J connectivity index is 2.19. The van der Waals surface area contributed by atoms with Crippen LogP contribution in [0.5, 0.6) is 0 Å². The summed E-state index contributed by atoms with van der Waals surface area (Å²) < 4.78 is 0. The molecule has 4 nitrogen and oxygen atoms in total. The van der Waals surface area contributed by atoms with E-state index < -0.39 is 0 Å². The van der Waals surface area contributed by atoms with Crippen LogP contribution in [0.25, 0.3) is 0 Å². The van der Waals surface area contributed by atoms with Crippen molar-refractivity contribution in [1.29, 1.82) is 0 Å². The van der Waals surface area contributed by atoms with Crippen molar-refractivity contribution < 1.29 is 0 Å². The first-order chi connectivity index (χ1) is 7.25. The van der Waals surface area contributed by atoms with Gasteiger partial charge in [0.2, 0.25) is 5.95 Å². The number of nitrogens with two attached hydrogens (primary N) is 1. The summed E-state index contributed by atoms with van der Waals surface area (Å²) in [4.78, 5) is 10.7. The molecule has 2 rings (SSSR count). The highest BCUT2D eigenvalue weighted by Crippen LogP contribution is 2.18.